The number of nitrogens with one attached hydrogen (secondary N) is 1. The average molecular weight is 630 g/mol. The maximum atomic E-state index is 13.5. The third kappa shape index (κ3) is 8.30. The van der Waals surface area contributed by atoms with E-state index in [1.165, 1.54) is 12.1 Å². The number of carbonyl (C=O) groups excluding carboxylic acids is 1. The number of hydrogen-bond acceptors (Lipinski definition) is 8. The van der Waals surface area contributed by atoms with Gasteiger partial charge in [-0.25, -0.2) is 9.97 Å². The number of fused-ring (bicyclic) bond motifs is 1. The lowest BCUT2D eigenvalue weighted by molar-refractivity contribution is -0.133. The van der Waals surface area contributed by atoms with E-state index in [1.807, 2.05) is 36.1 Å². The van der Waals surface area contributed by atoms with Gasteiger partial charge >= 0.3 is 0 Å². The standard InChI is InChI=1S/C24H32ClN5O2.C7H8O3S/c1-15(2)26-13-19(17-4-6-18(25)7-5-17)24(32)30-10-8-29(9-11-30)23-21-16(3)12-20(31)22(21)27-14-28-23;1-6-2-4-7(5-3-6)11(8,9)10/h4-7,14-16,19-20,26,31H,8-13H2,1-3H3;2-5H,1H3,(H,8,9,10)/t16-,19-,20-;/m1./s1. The summed E-state index contributed by atoms with van der Waals surface area (Å²) in [5.41, 5.74) is 3.74. The summed E-state index contributed by atoms with van der Waals surface area (Å²) >= 11 is 6.06. The molecule has 0 spiro atoms. The van der Waals surface area contributed by atoms with Gasteiger partial charge < -0.3 is 20.2 Å². The zero-order valence-electron chi connectivity index (χ0n) is 24.9. The van der Waals surface area contributed by atoms with Crippen molar-refractivity contribution in [2.45, 2.75) is 63.0 Å². The molecule has 232 valence electrons. The zero-order chi connectivity index (χ0) is 31.3. The Morgan fingerprint density at radius 2 is 1.67 bits per heavy atom. The van der Waals surface area contributed by atoms with E-state index in [0.717, 1.165) is 28.2 Å². The minimum atomic E-state index is -4.02. The van der Waals surface area contributed by atoms with Crippen LogP contribution in [0.5, 0.6) is 0 Å². The molecule has 5 rings (SSSR count). The minimum Gasteiger partial charge on any atom is -0.387 e. The van der Waals surface area contributed by atoms with Gasteiger partial charge in [0.15, 0.2) is 0 Å². The molecule has 3 aromatic rings. The first-order chi connectivity index (χ1) is 20.3. The van der Waals surface area contributed by atoms with Crippen molar-refractivity contribution < 1.29 is 22.9 Å². The topological polar surface area (TPSA) is 136 Å². The van der Waals surface area contributed by atoms with E-state index in [0.29, 0.717) is 50.2 Å². The Bertz CT molecular complexity index is 1490. The number of rotatable bonds is 7. The number of aromatic nitrogens is 2. The Hall–Kier alpha value is -3.09. The molecule has 0 unspecified atom stereocenters. The molecule has 3 N–H and O–H groups in total. The molecule has 10 nitrogen and oxygen atoms in total. The van der Waals surface area contributed by atoms with E-state index in [9.17, 15) is 18.3 Å². The number of halogens is 1. The van der Waals surface area contributed by atoms with Crippen LogP contribution in [0.2, 0.25) is 5.02 Å². The van der Waals surface area contributed by atoms with Gasteiger partial charge in [0.1, 0.15) is 12.1 Å². The first-order valence-corrected chi connectivity index (χ1v) is 16.3. The smallest absolute Gasteiger partial charge is 0.294 e. The first kappa shape index (κ1) is 32.8. The Labute approximate surface area is 258 Å². The van der Waals surface area contributed by atoms with Crippen LogP contribution in [0.1, 0.15) is 67.5 Å². The molecule has 1 aliphatic heterocycles. The Kier molecular flexibility index (Phi) is 10.8. The number of hydrogen-bond donors (Lipinski definition) is 3. The molecule has 12 heteroatoms. The van der Waals surface area contributed by atoms with Crippen LogP contribution >= 0.6 is 11.6 Å². The number of piperazine rings is 1. The summed E-state index contributed by atoms with van der Waals surface area (Å²) in [5, 5.41) is 14.4. The second-order valence-corrected chi connectivity index (χ2v) is 13.3. The molecule has 1 aromatic heterocycles. The third-order valence-corrected chi connectivity index (χ3v) is 8.91. The lowest BCUT2D eigenvalue weighted by atomic mass is 9.96. The van der Waals surface area contributed by atoms with Crippen molar-refractivity contribution in [2.24, 2.45) is 0 Å². The summed E-state index contributed by atoms with van der Waals surface area (Å²) in [6.45, 7) is 11.4. The average Bonchev–Trinajstić information content (AvgIpc) is 3.27. The number of aliphatic hydroxyl groups excluding tert-OH is 1. The van der Waals surface area contributed by atoms with Crippen molar-refractivity contribution in [1.29, 1.82) is 0 Å². The van der Waals surface area contributed by atoms with Gasteiger partial charge in [-0.3, -0.25) is 9.35 Å². The fourth-order valence-electron chi connectivity index (χ4n) is 5.42. The highest BCUT2D eigenvalue weighted by Gasteiger charge is 2.35. The number of aryl methyl sites for hydroxylation is 1. The molecule has 1 saturated heterocycles. The van der Waals surface area contributed by atoms with E-state index >= 15 is 0 Å². The normalized spacial score (nSPS) is 19.1. The van der Waals surface area contributed by atoms with Gasteiger partial charge in [-0.1, -0.05) is 62.2 Å². The van der Waals surface area contributed by atoms with Crippen LogP contribution in [0.3, 0.4) is 0 Å². The van der Waals surface area contributed by atoms with Crippen molar-refractivity contribution >= 4 is 33.4 Å². The van der Waals surface area contributed by atoms with Crippen molar-refractivity contribution in [3.63, 3.8) is 0 Å². The second-order valence-electron chi connectivity index (χ2n) is 11.4. The molecule has 1 fully saturated rings. The lowest BCUT2D eigenvalue weighted by Gasteiger charge is -2.38. The van der Waals surface area contributed by atoms with Crippen LogP contribution in [-0.2, 0) is 14.9 Å². The molecule has 1 aliphatic carbocycles. The number of carbonyl (C=O) groups is 1. The van der Waals surface area contributed by atoms with Crippen molar-refractivity contribution in [3.05, 3.63) is 82.3 Å². The van der Waals surface area contributed by atoms with Crippen molar-refractivity contribution in [1.82, 2.24) is 20.2 Å². The molecular formula is C31H40ClN5O5S. The molecule has 0 saturated carbocycles. The van der Waals surface area contributed by atoms with Crippen LogP contribution in [-0.4, -0.2) is 77.6 Å². The summed E-state index contributed by atoms with van der Waals surface area (Å²) in [5.74, 6) is 1.02. The maximum absolute atomic E-state index is 13.5. The van der Waals surface area contributed by atoms with E-state index in [-0.39, 0.29) is 22.6 Å². The van der Waals surface area contributed by atoms with Gasteiger partial charge in [-0.15, -0.1) is 0 Å². The molecule has 2 heterocycles. The molecular weight excluding hydrogens is 590 g/mol. The van der Waals surface area contributed by atoms with Crippen molar-refractivity contribution in [3.8, 4) is 0 Å². The minimum absolute atomic E-state index is 0.0666. The number of aliphatic hydroxyl groups is 1. The van der Waals surface area contributed by atoms with Crippen LogP contribution in [0, 0.1) is 6.92 Å². The van der Waals surface area contributed by atoms with E-state index in [2.05, 4.69) is 41.0 Å². The molecule has 0 radical (unpaired) electrons. The molecule has 3 atom stereocenters. The summed E-state index contributed by atoms with van der Waals surface area (Å²) in [6, 6.07) is 13.9. The Balaban J connectivity index is 0.000000324. The molecule has 43 heavy (non-hydrogen) atoms. The fraction of sp³-hybridized carbons (Fsp3) is 0.452. The fourth-order valence-corrected chi connectivity index (χ4v) is 6.03. The SMILES string of the molecule is CC(C)NC[C@@H](C(=O)N1CCN(c2ncnc3c2[C@H](C)C[C@H]3O)CC1)c1ccc(Cl)cc1.Cc1ccc(S(=O)(=O)O)cc1. The van der Waals surface area contributed by atoms with E-state index in [4.69, 9.17) is 16.2 Å². The van der Waals surface area contributed by atoms with Crippen LogP contribution in [0.25, 0.3) is 0 Å². The van der Waals surface area contributed by atoms with Crippen LogP contribution < -0.4 is 10.2 Å². The Morgan fingerprint density at radius 1 is 1.05 bits per heavy atom. The van der Waals surface area contributed by atoms with Gasteiger partial charge in [0, 0.05) is 49.4 Å². The van der Waals surface area contributed by atoms with Gasteiger partial charge in [0.05, 0.1) is 22.6 Å². The second kappa shape index (κ2) is 14.1. The lowest BCUT2D eigenvalue weighted by Crippen LogP contribution is -2.51. The number of benzene rings is 2. The summed E-state index contributed by atoms with van der Waals surface area (Å²) in [4.78, 5) is 26.5. The van der Waals surface area contributed by atoms with Crippen LogP contribution in [0.4, 0.5) is 5.82 Å². The van der Waals surface area contributed by atoms with E-state index in [1.54, 1.807) is 18.5 Å². The first-order valence-electron chi connectivity index (χ1n) is 14.4. The highest BCUT2D eigenvalue weighted by Crippen LogP contribution is 2.42. The highest BCUT2D eigenvalue weighted by molar-refractivity contribution is 7.85. The molecule has 0 bridgehead atoms. The molecule has 1 amide bonds. The number of nitrogens with zero attached hydrogens (tertiary/aromatic N) is 4. The quantitative estimate of drug-likeness (QED) is 0.326. The Morgan fingerprint density at radius 3 is 2.26 bits per heavy atom. The van der Waals surface area contributed by atoms with Crippen LogP contribution in [0.15, 0.2) is 59.8 Å². The predicted molar refractivity (Wildman–Crippen MR) is 167 cm³/mol. The van der Waals surface area contributed by atoms with Gasteiger partial charge in [0.25, 0.3) is 10.1 Å². The van der Waals surface area contributed by atoms with Gasteiger partial charge in [-0.05, 0) is 49.1 Å². The monoisotopic (exact) mass is 629 g/mol. The highest BCUT2D eigenvalue weighted by atomic mass is 35.5. The maximum Gasteiger partial charge on any atom is 0.294 e. The summed E-state index contributed by atoms with van der Waals surface area (Å²) in [7, 11) is -4.02. The van der Waals surface area contributed by atoms with Crippen molar-refractivity contribution in [2.75, 3.05) is 37.6 Å². The zero-order valence-corrected chi connectivity index (χ0v) is 26.5. The third-order valence-electron chi connectivity index (χ3n) is 7.79. The number of anilines is 1. The molecule has 2 aromatic carbocycles. The predicted octanol–water partition coefficient (Wildman–Crippen LogP) is 4.34. The van der Waals surface area contributed by atoms with Gasteiger partial charge in [-0.2, -0.15) is 8.42 Å². The summed E-state index contributed by atoms with van der Waals surface area (Å²) in [6.07, 6.45) is 1.71. The summed E-state index contributed by atoms with van der Waals surface area (Å²) < 4.78 is 29.6. The number of amides is 1. The molecule has 2 aliphatic rings. The largest absolute Gasteiger partial charge is 0.387 e. The van der Waals surface area contributed by atoms with E-state index < -0.39 is 16.2 Å². The van der Waals surface area contributed by atoms with Gasteiger partial charge in [0.2, 0.25) is 5.91 Å².